The monoisotopic (exact) mass is 240 g/mol. The van der Waals surface area contributed by atoms with Crippen LogP contribution in [0.15, 0.2) is 18.2 Å². The number of nitrogen functional groups attached to an aromatic ring is 1. The summed E-state index contributed by atoms with van der Waals surface area (Å²) in [6, 6.07) is 5.52. The second kappa shape index (κ2) is 3.67. The van der Waals surface area contributed by atoms with E-state index < -0.39 is 0 Å². The van der Waals surface area contributed by atoms with Gasteiger partial charge in [-0.3, -0.25) is 0 Å². The van der Waals surface area contributed by atoms with Crippen LogP contribution in [0.4, 0.5) is 0 Å². The fourth-order valence-electron chi connectivity index (χ4n) is 1.37. The molecular formula is C9H9ClN4S. The minimum Gasteiger partial charge on any atom is -0.335 e. The zero-order valence-electron chi connectivity index (χ0n) is 7.99. The number of hydrogen-bond acceptors (Lipinski definition) is 3. The Morgan fingerprint density at radius 1 is 1.53 bits per heavy atom. The second-order valence-electron chi connectivity index (χ2n) is 3.18. The van der Waals surface area contributed by atoms with E-state index in [4.69, 9.17) is 29.7 Å². The van der Waals surface area contributed by atoms with Crippen molar-refractivity contribution in [2.24, 2.45) is 0 Å². The molecule has 3 N–H and O–H groups in total. The number of aryl methyl sites for hydroxylation is 1. The Morgan fingerprint density at radius 2 is 2.27 bits per heavy atom. The van der Waals surface area contributed by atoms with E-state index in [-0.39, 0.29) is 0 Å². The van der Waals surface area contributed by atoms with Crippen LogP contribution in [0.2, 0.25) is 5.02 Å². The molecule has 0 saturated heterocycles. The number of hydrogen-bond donors (Lipinski definition) is 2. The van der Waals surface area contributed by atoms with Crippen molar-refractivity contribution in [2.45, 2.75) is 6.92 Å². The average Bonchev–Trinajstić information content (AvgIpc) is 2.49. The van der Waals surface area contributed by atoms with Crippen LogP contribution >= 0.6 is 23.8 Å². The van der Waals surface area contributed by atoms with Gasteiger partial charge in [-0.05, 0) is 42.9 Å². The number of aromatic nitrogens is 3. The first kappa shape index (κ1) is 10.2. The maximum absolute atomic E-state index is 5.86. The Balaban J connectivity index is 2.64. The van der Waals surface area contributed by atoms with E-state index in [2.05, 4.69) is 10.2 Å². The Hall–Kier alpha value is -1.33. The molecule has 4 nitrogen and oxygen atoms in total. The Kier molecular flexibility index (Phi) is 2.50. The predicted octanol–water partition coefficient (Wildman–Crippen LogP) is 2.28. The van der Waals surface area contributed by atoms with Gasteiger partial charge in [-0.25, -0.2) is 9.77 Å². The fraction of sp³-hybridized carbons (Fsp3) is 0.111. The Bertz CT molecular complexity index is 557. The van der Waals surface area contributed by atoms with Crippen LogP contribution in [0.3, 0.4) is 0 Å². The molecule has 0 radical (unpaired) electrons. The Morgan fingerprint density at radius 3 is 2.80 bits per heavy atom. The summed E-state index contributed by atoms with van der Waals surface area (Å²) in [5.41, 5.74) is 1.91. The molecule has 0 fully saturated rings. The number of benzene rings is 1. The molecule has 0 aliphatic rings. The molecular weight excluding hydrogens is 232 g/mol. The molecule has 0 unspecified atom stereocenters. The van der Waals surface area contributed by atoms with E-state index >= 15 is 0 Å². The van der Waals surface area contributed by atoms with Gasteiger partial charge in [-0.15, -0.1) is 0 Å². The van der Waals surface area contributed by atoms with Crippen molar-refractivity contribution in [1.29, 1.82) is 0 Å². The molecule has 0 bridgehead atoms. The van der Waals surface area contributed by atoms with Crippen molar-refractivity contribution in [3.63, 3.8) is 0 Å². The lowest BCUT2D eigenvalue weighted by atomic mass is 10.1. The minimum absolute atomic E-state index is 0.388. The van der Waals surface area contributed by atoms with Crippen LogP contribution in [0, 0.1) is 11.7 Å². The summed E-state index contributed by atoms with van der Waals surface area (Å²) < 4.78 is 1.73. The number of nitrogens with zero attached hydrogens (tertiary/aromatic N) is 2. The maximum atomic E-state index is 5.86. The van der Waals surface area contributed by atoms with Gasteiger partial charge in [0.2, 0.25) is 4.77 Å². The zero-order chi connectivity index (χ0) is 11.0. The number of H-pyrrole nitrogens is 1. The predicted molar refractivity (Wildman–Crippen MR) is 62.7 cm³/mol. The van der Waals surface area contributed by atoms with Crippen molar-refractivity contribution >= 4 is 23.8 Å². The summed E-state index contributed by atoms with van der Waals surface area (Å²) in [7, 11) is 0. The molecule has 0 aliphatic heterocycles. The lowest BCUT2D eigenvalue weighted by Gasteiger charge is -2.04. The van der Waals surface area contributed by atoms with Gasteiger partial charge in [0.25, 0.3) is 0 Å². The number of rotatable bonds is 1. The topological polar surface area (TPSA) is 59.6 Å². The molecule has 2 rings (SSSR count). The summed E-state index contributed by atoms with van der Waals surface area (Å²) in [6.07, 6.45) is 0. The highest BCUT2D eigenvalue weighted by atomic mass is 35.5. The molecule has 6 heteroatoms. The van der Waals surface area contributed by atoms with Gasteiger partial charge >= 0.3 is 0 Å². The van der Waals surface area contributed by atoms with E-state index in [1.165, 1.54) is 4.68 Å². The third kappa shape index (κ3) is 1.75. The van der Waals surface area contributed by atoms with Gasteiger partial charge in [-0.2, -0.15) is 5.10 Å². The molecule has 2 aromatic rings. The summed E-state index contributed by atoms with van der Waals surface area (Å²) in [5, 5.41) is 7.38. The molecule has 78 valence electrons. The zero-order valence-corrected chi connectivity index (χ0v) is 9.56. The van der Waals surface area contributed by atoms with Crippen molar-refractivity contribution < 1.29 is 0 Å². The molecule has 15 heavy (non-hydrogen) atoms. The standard InChI is InChI=1S/C9H9ClN4S/c1-5-4-6(10)2-3-7(5)8-12-13-9(15)14(8)11/h2-4H,11H2,1H3,(H,13,15). The number of halogens is 1. The highest BCUT2D eigenvalue weighted by Gasteiger charge is 2.09. The third-order valence-electron chi connectivity index (χ3n) is 2.13. The largest absolute Gasteiger partial charge is 0.335 e. The normalized spacial score (nSPS) is 10.5. The van der Waals surface area contributed by atoms with Gasteiger partial charge in [0.1, 0.15) is 0 Å². The van der Waals surface area contributed by atoms with E-state index in [1.807, 2.05) is 19.1 Å². The number of nitrogens with two attached hydrogens (primary N) is 1. The molecule has 0 amide bonds. The smallest absolute Gasteiger partial charge is 0.214 e. The number of nitrogens with one attached hydrogen (secondary N) is 1. The lowest BCUT2D eigenvalue weighted by molar-refractivity contribution is 0.983. The van der Waals surface area contributed by atoms with E-state index in [9.17, 15) is 0 Å². The van der Waals surface area contributed by atoms with Gasteiger partial charge in [0.15, 0.2) is 5.82 Å². The first-order chi connectivity index (χ1) is 7.09. The van der Waals surface area contributed by atoms with Crippen LogP contribution < -0.4 is 5.84 Å². The van der Waals surface area contributed by atoms with Gasteiger partial charge < -0.3 is 5.84 Å². The van der Waals surface area contributed by atoms with E-state index in [0.29, 0.717) is 15.6 Å². The number of aromatic amines is 1. The van der Waals surface area contributed by atoms with Crippen molar-refractivity contribution in [1.82, 2.24) is 14.9 Å². The van der Waals surface area contributed by atoms with E-state index in [0.717, 1.165) is 11.1 Å². The summed E-state index contributed by atoms with van der Waals surface area (Å²) in [6.45, 7) is 1.94. The highest BCUT2D eigenvalue weighted by molar-refractivity contribution is 7.71. The van der Waals surface area contributed by atoms with Crippen molar-refractivity contribution in [3.05, 3.63) is 33.6 Å². The minimum atomic E-state index is 0.388. The van der Waals surface area contributed by atoms with Crippen LogP contribution in [-0.4, -0.2) is 14.9 Å². The molecule has 0 spiro atoms. The summed E-state index contributed by atoms with van der Waals surface area (Å²) in [4.78, 5) is 0. The summed E-state index contributed by atoms with van der Waals surface area (Å²) >= 11 is 10.8. The first-order valence-corrected chi connectivity index (χ1v) is 5.07. The molecule has 0 saturated carbocycles. The van der Waals surface area contributed by atoms with Crippen molar-refractivity contribution in [3.8, 4) is 11.4 Å². The van der Waals surface area contributed by atoms with Gasteiger partial charge in [0.05, 0.1) is 0 Å². The van der Waals surface area contributed by atoms with Crippen LogP contribution in [0.1, 0.15) is 5.56 Å². The van der Waals surface area contributed by atoms with Crippen molar-refractivity contribution in [2.75, 3.05) is 5.84 Å². The molecule has 1 heterocycles. The quantitative estimate of drug-likeness (QED) is 0.594. The van der Waals surface area contributed by atoms with Crippen LogP contribution in [-0.2, 0) is 0 Å². The lowest BCUT2D eigenvalue weighted by Crippen LogP contribution is -2.10. The maximum Gasteiger partial charge on any atom is 0.214 e. The average molecular weight is 241 g/mol. The summed E-state index contributed by atoms with van der Waals surface area (Å²) in [5.74, 6) is 6.33. The van der Waals surface area contributed by atoms with Crippen LogP contribution in [0.5, 0.6) is 0 Å². The molecule has 0 atom stereocenters. The fourth-order valence-corrected chi connectivity index (χ4v) is 1.73. The van der Waals surface area contributed by atoms with Gasteiger partial charge in [-0.1, -0.05) is 11.6 Å². The highest BCUT2D eigenvalue weighted by Crippen LogP contribution is 2.23. The van der Waals surface area contributed by atoms with Gasteiger partial charge in [0, 0.05) is 10.6 Å². The molecule has 0 aliphatic carbocycles. The second-order valence-corrected chi connectivity index (χ2v) is 4.00. The molecule has 1 aromatic heterocycles. The SMILES string of the molecule is Cc1cc(Cl)ccc1-c1n[nH]c(=S)n1N. The Labute approximate surface area is 96.7 Å². The first-order valence-electron chi connectivity index (χ1n) is 4.28. The van der Waals surface area contributed by atoms with E-state index in [1.54, 1.807) is 6.07 Å². The third-order valence-corrected chi connectivity index (χ3v) is 2.66. The van der Waals surface area contributed by atoms with Crippen LogP contribution in [0.25, 0.3) is 11.4 Å². The molecule has 1 aromatic carbocycles.